The zero-order valence-electron chi connectivity index (χ0n) is 8.11. The van der Waals surface area contributed by atoms with E-state index < -0.39 is 5.97 Å². The molecule has 1 heterocycles. The largest absolute Gasteiger partial charge is 0.481 e. The number of halogens is 1. The minimum Gasteiger partial charge on any atom is -0.481 e. The molecule has 1 aromatic carbocycles. The SMILES string of the molecule is O=C(O)C1CNCC1c1cccc(Cl)c1. The van der Waals surface area contributed by atoms with Crippen molar-refractivity contribution in [3.63, 3.8) is 0 Å². The van der Waals surface area contributed by atoms with Crippen molar-refractivity contribution < 1.29 is 9.90 Å². The van der Waals surface area contributed by atoms with E-state index in [9.17, 15) is 4.79 Å². The Bertz CT molecular complexity index is 381. The molecule has 1 aliphatic heterocycles. The van der Waals surface area contributed by atoms with Gasteiger partial charge in [0.15, 0.2) is 0 Å². The molecule has 0 radical (unpaired) electrons. The first-order chi connectivity index (χ1) is 7.18. The van der Waals surface area contributed by atoms with Gasteiger partial charge in [-0.1, -0.05) is 23.7 Å². The van der Waals surface area contributed by atoms with Gasteiger partial charge in [-0.05, 0) is 17.7 Å². The average molecular weight is 226 g/mol. The molecule has 1 saturated heterocycles. The predicted octanol–water partition coefficient (Wildman–Crippen LogP) is 1.73. The highest BCUT2D eigenvalue weighted by atomic mass is 35.5. The molecule has 4 heteroatoms. The third-order valence-corrected chi connectivity index (χ3v) is 3.04. The minimum absolute atomic E-state index is 0.0289. The van der Waals surface area contributed by atoms with Crippen molar-refractivity contribution in [1.29, 1.82) is 0 Å². The second-order valence-electron chi connectivity index (χ2n) is 3.76. The highest BCUT2D eigenvalue weighted by Gasteiger charge is 2.33. The molecule has 2 unspecified atom stereocenters. The van der Waals surface area contributed by atoms with E-state index in [0.717, 1.165) is 5.56 Å². The second kappa shape index (κ2) is 4.21. The fraction of sp³-hybridized carbons (Fsp3) is 0.364. The van der Waals surface area contributed by atoms with Crippen molar-refractivity contribution in [2.45, 2.75) is 5.92 Å². The van der Waals surface area contributed by atoms with Gasteiger partial charge in [-0.3, -0.25) is 4.79 Å². The highest BCUT2D eigenvalue weighted by Crippen LogP contribution is 2.29. The minimum atomic E-state index is -0.745. The molecule has 2 N–H and O–H groups in total. The molecule has 0 amide bonds. The topological polar surface area (TPSA) is 49.3 Å². The van der Waals surface area contributed by atoms with Crippen LogP contribution >= 0.6 is 11.6 Å². The second-order valence-corrected chi connectivity index (χ2v) is 4.20. The monoisotopic (exact) mass is 225 g/mol. The molecule has 0 saturated carbocycles. The van der Waals surface area contributed by atoms with Crippen LogP contribution in [0.15, 0.2) is 24.3 Å². The molecule has 0 aromatic heterocycles. The van der Waals surface area contributed by atoms with Crippen LogP contribution in [0.3, 0.4) is 0 Å². The Morgan fingerprint density at radius 2 is 2.27 bits per heavy atom. The lowest BCUT2D eigenvalue weighted by molar-refractivity contribution is -0.141. The molecular formula is C11H12ClNO2. The van der Waals surface area contributed by atoms with Crippen molar-refractivity contribution >= 4 is 17.6 Å². The first-order valence-electron chi connectivity index (χ1n) is 4.87. The number of benzene rings is 1. The number of aliphatic carboxylic acids is 1. The summed E-state index contributed by atoms with van der Waals surface area (Å²) in [5, 5.41) is 12.8. The van der Waals surface area contributed by atoms with Gasteiger partial charge in [-0.15, -0.1) is 0 Å². The summed E-state index contributed by atoms with van der Waals surface area (Å²) in [4.78, 5) is 11.0. The molecule has 0 aliphatic carbocycles. The van der Waals surface area contributed by atoms with Crippen molar-refractivity contribution in [3.8, 4) is 0 Å². The standard InChI is InChI=1S/C11H12ClNO2/c12-8-3-1-2-7(4-8)9-5-13-6-10(9)11(14)15/h1-4,9-10,13H,5-6H2,(H,14,15). The summed E-state index contributed by atoms with van der Waals surface area (Å²) < 4.78 is 0. The van der Waals surface area contributed by atoms with E-state index in [-0.39, 0.29) is 11.8 Å². The normalized spacial score (nSPS) is 25.4. The molecule has 0 spiro atoms. The quantitative estimate of drug-likeness (QED) is 0.806. The zero-order chi connectivity index (χ0) is 10.8. The summed E-state index contributed by atoms with van der Waals surface area (Å²) in [5.41, 5.74) is 1.000. The molecule has 1 fully saturated rings. The van der Waals surface area contributed by atoms with Crippen LogP contribution in [0.4, 0.5) is 0 Å². The van der Waals surface area contributed by atoms with Crippen LogP contribution in [0.1, 0.15) is 11.5 Å². The van der Waals surface area contributed by atoms with Gasteiger partial charge < -0.3 is 10.4 Å². The van der Waals surface area contributed by atoms with Gasteiger partial charge in [0, 0.05) is 24.0 Å². The van der Waals surface area contributed by atoms with Crippen LogP contribution < -0.4 is 5.32 Å². The number of carboxylic acid groups (broad SMARTS) is 1. The molecule has 0 bridgehead atoms. The van der Waals surface area contributed by atoms with Gasteiger partial charge in [0.25, 0.3) is 0 Å². The Balaban J connectivity index is 2.26. The Labute approximate surface area is 93.1 Å². The molecule has 80 valence electrons. The van der Waals surface area contributed by atoms with E-state index >= 15 is 0 Å². The summed E-state index contributed by atoms with van der Waals surface area (Å²) in [6, 6.07) is 7.42. The van der Waals surface area contributed by atoms with E-state index in [4.69, 9.17) is 16.7 Å². The van der Waals surface area contributed by atoms with E-state index in [1.807, 2.05) is 18.2 Å². The van der Waals surface area contributed by atoms with Crippen molar-refractivity contribution in [3.05, 3.63) is 34.9 Å². The zero-order valence-corrected chi connectivity index (χ0v) is 8.87. The molecule has 15 heavy (non-hydrogen) atoms. The molecule has 3 nitrogen and oxygen atoms in total. The fourth-order valence-electron chi connectivity index (χ4n) is 2.03. The van der Waals surface area contributed by atoms with Crippen LogP contribution in [-0.2, 0) is 4.79 Å². The number of hydrogen-bond donors (Lipinski definition) is 2. The van der Waals surface area contributed by atoms with Gasteiger partial charge in [-0.2, -0.15) is 0 Å². The fourth-order valence-corrected chi connectivity index (χ4v) is 2.22. The van der Waals surface area contributed by atoms with Crippen LogP contribution in [0.5, 0.6) is 0 Å². The summed E-state index contributed by atoms with van der Waals surface area (Å²) in [6.45, 7) is 1.24. The smallest absolute Gasteiger partial charge is 0.308 e. The first kappa shape index (κ1) is 10.5. The lowest BCUT2D eigenvalue weighted by atomic mass is 9.89. The number of rotatable bonds is 2. The Kier molecular flexibility index (Phi) is 2.93. The van der Waals surface area contributed by atoms with Crippen LogP contribution in [0.25, 0.3) is 0 Å². The molecule has 2 rings (SSSR count). The van der Waals surface area contributed by atoms with Gasteiger partial charge >= 0.3 is 5.97 Å². The molecule has 1 aliphatic rings. The summed E-state index contributed by atoms with van der Waals surface area (Å²) in [6.07, 6.45) is 0. The predicted molar refractivity (Wildman–Crippen MR) is 58.2 cm³/mol. The van der Waals surface area contributed by atoms with Gasteiger partial charge in [0.2, 0.25) is 0 Å². The molecule has 1 aromatic rings. The van der Waals surface area contributed by atoms with Crippen LogP contribution in [0.2, 0.25) is 5.02 Å². The van der Waals surface area contributed by atoms with E-state index in [2.05, 4.69) is 5.32 Å². The van der Waals surface area contributed by atoms with Gasteiger partial charge in [-0.25, -0.2) is 0 Å². The maximum atomic E-state index is 11.0. The maximum Gasteiger partial charge on any atom is 0.308 e. The first-order valence-corrected chi connectivity index (χ1v) is 5.25. The average Bonchev–Trinajstić information content (AvgIpc) is 2.65. The van der Waals surface area contributed by atoms with E-state index in [1.165, 1.54) is 0 Å². The number of carboxylic acids is 1. The van der Waals surface area contributed by atoms with Crippen molar-refractivity contribution in [2.24, 2.45) is 5.92 Å². The van der Waals surface area contributed by atoms with Crippen LogP contribution in [-0.4, -0.2) is 24.2 Å². The number of hydrogen-bond acceptors (Lipinski definition) is 2. The van der Waals surface area contributed by atoms with E-state index in [0.29, 0.717) is 18.1 Å². The lowest BCUT2D eigenvalue weighted by Crippen LogP contribution is -2.20. The number of carbonyl (C=O) groups is 1. The van der Waals surface area contributed by atoms with Crippen LogP contribution in [0, 0.1) is 5.92 Å². The van der Waals surface area contributed by atoms with E-state index in [1.54, 1.807) is 6.07 Å². The summed E-state index contributed by atoms with van der Waals surface area (Å²) in [7, 11) is 0. The summed E-state index contributed by atoms with van der Waals surface area (Å²) >= 11 is 5.88. The summed E-state index contributed by atoms with van der Waals surface area (Å²) in [5.74, 6) is -1.06. The Morgan fingerprint density at radius 3 is 2.93 bits per heavy atom. The Morgan fingerprint density at radius 1 is 1.47 bits per heavy atom. The van der Waals surface area contributed by atoms with Crippen molar-refractivity contribution in [1.82, 2.24) is 5.32 Å². The molecular weight excluding hydrogens is 214 g/mol. The third kappa shape index (κ3) is 2.13. The maximum absolute atomic E-state index is 11.0. The van der Waals surface area contributed by atoms with Gasteiger partial charge in [0.05, 0.1) is 5.92 Å². The number of nitrogens with one attached hydrogen (secondary N) is 1. The van der Waals surface area contributed by atoms with Gasteiger partial charge in [0.1, 0.15) is 0 Å². The van der Waals surface area contributed by atoms with Crippen molar-refractivity contribution in [2.75, 3.05) is 13.1 Å². The lowest BCUT2D eigenvalue weighted by Gasteiger charge is -2.14. The Hall–Kier alpha value is -1.06. The molecule has 2 atom stereocenters. The third-order valence-electron chi connectivity index (χ3n) is 2.81. The highest BCUT2D eigenvalue weighted by molar-refractivity contribution is 6.30.